The van der Waals surface area contributed by atoms with E-state index in [0.717, 1.165) is 12.8 Å². The molecule has 0 atom stereocenters. The first-order chi connectivity index (χ1) is 17.5. The minimum absolute atomic E-state index is 0.972. The first kappa shape index (κ1) is 23.8. The van der Waals surface area contributed by atoms with Crippen LogP contribution < -0.4 is 6.54 Å². The van der Waals surface area contributed by atoms with Gasteiger partial charge in [0.15, 0.2) is 0 Å². The average Bonchev–Trinajstić information content (AvgIpc) is 3.45. The normalized spacial score (nSPS) is 13.9. The third kappa shape index (κ3) is 4.19. The van der Waals surface area contributed by atoms with Crippen LogP contribution in [0.15, 0.2) is 96.1 Å². The maximum atomic E-state index is 2.61. The molecule has 2 heteroatoms. The monoisotopic (exact) mass is 559 g/mol. The Labute approximate surface area is 224 Å². The molecule has 6 rings (SSSR count). The summed E-state index contributed by atoms with van der Waals surface area (Å²) >= 11 is -2.26. The molecule has 0 nitrogen and oxygen atoms in total. The molecular weight excluding hydrogens is 528 g/mol. The van der Waals surface area contributed by atoms with Gasteiger partial charge in [0.2, 0.25) is 0 Å². The van der Waals surface area contributed by atoms with Crippen LogP contribution in [0.4, 0.5) is 0 Å². The summed E-state index contributed by atoms with van der Waals surface area (Å²) in [4.78, 5) is 0. The Morgan fingerprint density at radius 3 is 1.36 bits per heavy atom. The van der Waals surface area contributed by atoms with Gasteiger partial charge in [0.25, 0.3) is 0 Å². The van der Waals surface area contributed by atoms with Crippen LogP contribution in [0.1, 0.15) is 36.1 Å². The van der Waals surface area contributed by atoms with E-state index in [1.807, 2.05) is 0 Å². The summed E-state index contributed by atoms with van der Waals surface area (Å²) in [5, 5.41) is 0. The van der Waals surface area contributed by atoms with Crippen molar-refractivity contribution in [2.45, 2.75) is 39.8 Å². The molecule has 0 spiro atoms. The van der Waals surface area contributed by atoms with Gasteiger partial charge in [-0.2, -0.15) is 0 Å². The molecule has 0 aromatic heterocycles. The van der Waals surface area contributed by atoms with Gasteiger partial charge in [-0.15, -0.1) is 0 Å². The van der Waals surface area contributed by atoms with Crippen LogP contribution in [-0.4, -0.2) is 5.92 Å². The van der Waals surface area contributed by atoms with Gasteiger partial charge in [-0.3, -0.25) is 0 Å². The van der Waals surface area contributed by atoms with Crippen LogP contribution in [0, 0.1) is 0 Å². The molecule has 0 heterocycles. The number of hydrogen-bond acceptors (Lipinski definition) is 0. The second-order valence-corrected chi connectivity index (χ2v) is 29.7. The SMILES string of the molecule is CC1=Cc2c(cc[c]([Zr]([c]3ccc4c(c3-c3ccccc3)C=C(C)C4)[SiH](C)C)c2-c2ccccc2)C1. The van der Waals surface area contributed by atoms with Crippen molar-refractivity contribution in [2.75, 3.05) is 0 Å². The summed E-state index contributed by atoms with van der Waals surface area (Å²) in [6.45, 7) is 9.80. The molecule has 0 fully saturated rings. The Morgan fingerprint density at radius 2 is 0.972 bits per heavy atom. The van der Waals surface area contributed by atoms with Gasteiger partial charge in [-0.25, -0.2) is 0 Å². The molecule has 0 bridgehead atoms. The molecule has 4 aromatic rings. The number of benzene rings is 4. The van der Waals surface area contributed by atoms with Crippen LogP contribution in [0.3, 0.4) is 0 Å². The van der Waals surface area contributed by atoms with Gasteiger partial charge in [0.1, 0.15) is 0 Å². The van der Waals surface area contributed by atoms with E-state index >= 15 is 0 Å². The van der Waals surface area contributed by atoms with E-state index in [-0.39, 0.29) is 0 Å². The first-order valence-corrected chi connectivity index (χ1v) is 22.8. The summed E-state index contributed by atoms with van der Waals surface area (Å²) in [6, 6.07) is 32.5. The van der Waals surface area contributed by atoms with E-state index in [1.54, 1.807) is 6.54 Å². The number of hydrogen-bond donors (Lipinski definition) is 0. The molecule has 0 amide bonds. The molecule has 177 valence electrons. The van der Waals surface area contributed by atoms with Gasteiger partial charge >= 0.3 is 226 Å². The summed E-state index contributed by atoms with van der Waals surface area (Å²) in [6.07, 6.45) is 7.12. The molecule has 4 aromatic carbocycles. The Hall–Kier alpha value is -2.54. The van der Waals surface area contributed by atoms with Crippen LogP contribution in [-0.2, 0) is 33.8 Å². The van der Waals surface area contributed by atoms with Crippen LogP contribution in [0.2, 0.25) is 13.1 Å². The van der Waals surface area contributed by atoms with Crippen molar-refractivity contribution in [3.63, 3.8) is 0 Å². The molecule has 0 N–H and O–H groups in total. The number of allylic oxidation sites excluding steroid dienone is 2. The maximum absolute atomic E-state index is 2.61. The molecule has 2 aliphatic carbocycles. The van der Waals surface area contributed by atoms with E-state index in [9.17, 15) is 0 Å². The van der Waals surface area contributed by atoms with E-state index in [1.165, 1.54) is 55.7 Å². The molecule has 0 aliphatic heterocycles. The molecule has 0 radical (unpaired) electrons. The molecule has 2 aliphatic rings. The fraction of sp³-hybridized carbons (Fsp3) is 0.176. The Kier molecular flexibility index (Phi) is 6.44. The topological polar surface area (TPSA) is 0 Å². The van der Waals surface area contributed by atoms with Gasteiger partial charge in [-0.1, -0.05) is 0 Å². The zero-order valence-electron chi connectivity index (χ0n) is 21.7. The standard InChI is InChI=1S/2C16H13.C2H7Si.Zr/c2*1-12-10-14-8-5-9-15(16(14)11-12)13-6-3-2-4-7-13;1-3-2;/h2*2-8,11H,10H2,1H3;3H,1-2H3;. The Bertz CT molecular complexity index is 1400. The van der Waals surface area contributed by atoms with Crippen molar-refractivity contribution in [1.82, 2.24) is 0 Å². The van der Waals surface area contributed by atoms with Crippen molar-refractivity contribution >= 4 is 24.6 Å². The summed E-state index contributed by atoms with van der Waals surface area (Å²) in [7, 11) is 0. The van der Waals surface area contributed by atoms with Crippen LogP contribution >= 0.6 is 0 Å². The van der Waals surface area contributed by atoms with Crippen molar-refractivity contribution in [3.8, 4) is 22.3 Å². The fourth-order valence-electron chi connectivity index (χ4n) is 6.21. The third-order valence-corrected chi connectivity index (χ3v) is 25.9. The first-order valence-electron chi connectivity index (χ1n) is 13.2. The summed E-state index contributed by atoms with van der Waals surface area (Å²) < 4.78 is 3.40. The summed E-state index contributed by atoms with van der Waals surface area (Å²) in [5.41, 5.74) is 14.8. The van der Waals surface area contributed by atoms with Crippen molar-refractivity contribution in [3.05, 3.63) is 118 Å². The van der Waals surface area contributed by atoms with E-state index in [4.69, 9.17) is 0 Å². The van der Waals surface area contributed by atoms with Crippen LogP contribution in [0.25, 0.3) is 34.4 Å². The van der Waals surface area contributed by atoms with Gasteiger partial charge in [-0.05, 0) is 0 Å². The van der Waals surface area contributed by atoms with Crippen molar-refractivity contribution in [1.29, 1.82) is 0 Å². The fourth-order valence-corrected chi connectivity index (χ4v) is 24.2. The third-order valence-electron chi connectivity index (χ3n) is 7.67. The molecule has 36 heavy (non-hydrogen) atoms. The average molecular weight is 561 g/mol. The predicted octanol–water partition coefficient (Wildman–Crippen LogP) is 7.49. The van der Waals surface area contributed by atoms with Gasteiger partial charge < -0.3 is 0 Å². The van der Waals surface area contributed by atoms with Crippen molar-refractivity contribution in [2.24, 2.45) is 0 Å². The predicted molar refractivity (Wildman–Crippen MR) is 157 cm³/mol. The zero-order valence-corrected chi connectivity index (χ0v) is 25.3. The second kappa shape index (κ2) is 9.73. The van der Waals surface area contributed by atoms with Crippen molar-refractivity contribution < 1.29 is 20.9 Å². The zero-order chi connectivity index (χ0) is 24.8. The van der Waals surface area contributed by atoms with E-state index in [2.05, 4.69) is 124 Å². The summed E-state index contributed by atoms with van der Waals surface area (Å²) in [5.74, 6) is -0.972. The quantitative estimate of drug-likeness (QED) is 0.222. The molecule has 0 saturated heterocycles. The Balaban J connectivity index is 1.65. The number of fused-ring (bicyclic) bond motifs is 2. The minimum atomic E-state index is -2.26. The van der Waals surface area contributed by atoms with Crippen LogP contribution in [0.5, 0.6) is 0 Å². The van der Waals surface area contributed by atoms with E-state index in [0.29, 0.717) is 0 Å². The van der Waals surface area contributed by atoms with Gasteiger partial charge in [0.05, 0.1) is 0 Å². The second-order valence-electron chi connectivity index (χ2n) is 10.8. The molecule has 0 unspecified atom stereocenters. The van der Waals surface area contributed by atoms with Gasteiger partial charge in [0, 0.05) is 0 Å². The number of rotatable bonds is 5. The van der Waals surface area contributed by atoms with E-state index < -0.39 is 26.8 Å². The molecule has 0 saturated carbocycles. The Morgan fingerprint density at radius 1 is 0.556 bits per heavy atom. The molecular formula is C34H33SiZr.